The van der Waals surface area contributed by atoms with E-state index in [9.17, 15) is 14.4 Å². The SMILES string of the molecule is NC(=O)CN(CC(=O)O)C(=O)/C=C/c1ccc(Br)s1. The molecule has 0 aliphatic carbocycles. The van der Waals surface area contributed by atoms with Crippen LogP contribution >= 0.6 is 27.3 Å². The van der Waals surface area contributed by atoms with Crippen molar-refractivity contribution in [3.63, 3.8) is 0 Å². The molecule has 0 atom stereocenters. The fourth-order valence-corrected chi connectivity index (χ4v) is 2.57. The number of halogens is 1. The lowest BCUT2D eigenvalue weighted by Gasteiger charge is -2.16. The fourth-order valence-electron chi connectivity index (χ4n) is 1.24. The number of carbonyl (C=O) groups is 3. The van der Waals surface area contributed by atoms with Gasteiger partial charge in [-0.15, -0.1) is 11.3 Å². The molecular weight excluding hydrogens is 336 g/mol. The third-order valence-electron chi connectivity index (χ3n) is 1.97. The lowest BCUT2D eigenvalue weighted by atomic mass is 10.3. The molecule has 0 aromatic carbocycles. The van der Waals surface area contributed by atoms with Gasteiger partial charge in [-0.05, 0) is 34.1 Å². The van der Waals surface area contributed by atoms with Crippen molar-refractivity contribution in [2.24, 2.45) is 5.73 Å². The van der Waals surface area contributed by atoms with E-state index >= 15 is 0 Å². The van der Waals surface area contributed by atoms with Crippen LogP contribution in [0.15, 0.2) is 22.0 Å². The molecule has 8 heteroatoms. The van der Waals surface area contributed by atoms with Crippen molar-refractivity contribution in [1.82, 2.24) is 4.90 Å². The van der Waals surface area contributed by atoms with Crippen molar-refractivity contribution in [2.45, 2.75) is 0 Å². The number of thiophene rings is 1. The van der Waals surface area contributed by atoms with Crippen LogP contribution in [0.5, 0.6) is 0 Å². The molecule has 1 aromatic rings. The molecule has 0 bridgehead atoms. The van der Waals surface area contributed by atoms with Gasteiger partial charge in [0.05, 0.1) is 3.79 Å². The molecule has 0 saturated heterocycles. The van der Waals surface area contributed by atoms with E-state index in [1.165, 1.54) is 17.4 Å². The molecule has 102 valence electrons. The number of carboxylic acids is 1. The number of primary amides is 1. The molecule has 0 aliphatic rings. The van der Waals surface area contributed by atoms with E-state index in [0.717, 1.165) is 13.6 Å². The number of rotatable bonds is 6. The quantitative estimate of drug-likeness (QED) is 0.748. The zero-order valence-corrected chi connectivity index (χ0v) is 12.1. The van der Waals surface area contributed by atoms with E-state index in [4.69, 9.17) is 10.8 Å². The van der Waals surface area contributed by atoms with Gasteiger partial charge in [0.15, 0.2) is 0 Å². The Hall–Kier alpha value is -1.67. The highest BCUT2D eigenvalue weighted by molar-refractivity contribution is 9.11. The van der Waals surface area contributed by atoms with Crippen LogP contribution < -0.4 is 5.73 Å². The number of carbonyl (C=O) groups excluding carboxylic acids is 2. The van der Waals surface area contributed by atoms with Crippen LogP contribution in [0.3, 0.4) is 0 Å². The van der Waals surface area contributed by atoms with Crippen LogP contribution in [0.1, 0.15) is 4.88 Å². The maximum absolute atomic E-state index is 11.8. The maximum Gasteiger partial charge on any atom is 0.323 e. The van der Waals surface area contributed by atoms with E-state index in [-0.39, 0.29) is 0 Å². The van der Waals surface area contributed by atoms with Gasteiger partial charge in [-0.3, -0.25) is 14.4 Å². The van der Waals surface area contributed by atoms with Gasteiger partial charge in [0.1, 0.15) is 13.1 Å². The maximum atomic E-state index is 11.8. The molecule has 0 fully saturated rings. The molecule has 1 aromatic heterocycles. The molecule has 0 spiro atoms. The molecule has 0 unspecified atom stereocenters. The topological polar surface area (TPSA) is 101 Å². The molecule has 3 N–H and O–H groups in total. The Bertz CT molecular complexity index is 511. The largest absolute Gasteiger partial charge is 0.480 e. The normalized spacial score (nSPS) is 10.6. The highest BCUT2D eigenvalue weighted by Crippen LogP contribution is 2.22. The lowest BCUT2D eigenvalue weighted by Crippen LogP contribution is -2.40. The summed E-state index contributed by atoms with van der Waals surface area (Å²) in [5.74, 6) is -2.55. The van der Waals surface area contributed by atoms with Gasteiger partial charge in [0, 0.05) is 11.0 Å². The summed E-state index contributed by atoms with van der Waals surface area (Å²) in [6, 6.07) is 3.63. The van der Waals surface area contributed by atoms with Crippen molar-refractivity contribution >= 4 is 51.1 Å². The molecule has 1 heterocycles. The summed E-state index contributed by atoms with van der Waals surface area (Å²) in [5, 5.41) is 8.66. The van der Waals surface area contributed by atoms with Gasteiger partial charge in [0.2, 0.25) is 11.8 Å². The Morgan fingerprint density at radius 1 is 1.37 bits per heavy atom. The number of carboxylic acid groups (broad SMARTS) is 1. The Morgan fingerprint density at radius 3 is 2.53 bits per heavy atom. The van der Waals surface area contributed by atoms with Crippen LogP contribution in [-0.4, -0.2) is 40.9 Å². The van der Waals surface area contributed by atoms with Crippen molar-refractivity contribution in [1.29, 1.82) is 0 Å². The molecular formula is C11H11BrN2O4S. The molecule has 2 amide bonds. The van der Waals surface area contributed by atoms with Gasteiger partial charge < -0.3 is 15.7 Å². The minimum atomic E-state index is -1.21. The van der Waals surface area contributed by atoms with Gasteiger partial charge in [-0.25, -0.2) is 0 Å². The minimum absolute atomic E-state index is 0.427. The summed E-state index contributed by atoms with van der Waals surface area (Å²) < 4.78 is 0.916. The number of hydrogen-bond donors (Lipinski definition) is 2. The van der Waals surface area contributed by atoms with E-state index in [0.29, 0.717) is 0 Å². The first-order valence-electron chi connectivity index (χ1n) is 5.11. The van der Waals surface area contributed by atoms with E-state index in [1.807, 2.05) is 6.07 Å². The Kier molecular flexibility index (Phi) is 5.71. The zero-order chi connectivity index (χ0) is 14.4. The third kappa shape index (κ3) is 5.66. The summed E-state index contributed by atoms with van der Waals surface area (Å²) >= 11 is 4.70. The highest BCUT2D eigenvalue weighted by Gasteiger charge is 2.16. The van der Waals surface area contributed by atoms with Gasteiger partial charge in [-0.1, -0.05) is 0 Å². The van der Waals surface area contributed by atoms with Gasteiger partial charge >= 0.3 is 5.97 Å². The second-order valence-electron chi connectivity index (χ2n) is 3.53. The highest BCUT2D eigenvalue weighted by atomic mass is 79.9. The summed E-state index contributed by atoms with van der Waals surface area (Å²) in [7, 11) is 0. The molecule has 0 saturated carbocycles. The van der Waals surface area contributed by atoms with E-state index in [1.54, 1.807) is 12.1 Å². The smallest absolute Gasteiger partial charge is 0.323 e. The second-order valence-corrected chi connectivity index (χ2v) is 6.02. The van der Waals surface area contributed by atoms with E-state index in [2.05, 4.69) is 15.9 Å². The first-order valence-corrected chi connectivity index (χ1v) is 6.72. The summed E-state index contributed by atoms with van der Waals surface area (Å²) in [5.41, 5.74) is 4.96. The first kappa shape index (κ1) is 15.4. The average molecular weight is 347 g/mol. The standard InChI is InChI=1S/C11H11BrN2O4S/c12-8-3-1-7(19-8)2-4-10(16)14(5-9(13)15)6-11(17)18/h1-4H,5-6H2,(H2,13,15)(H,17,18)/b4-2+. The molecule has 1 rings (SSSR count). The number of nitrogens with zero attached hydrogens (tertiary/aromatic N) is 1. The van der Waals surface area contributed by atoms with Crippen molar-refractivity contribution in [3.05, 3.63) is 26.9 Å². The van der Waals surface area contributed by atoms with Crippen molar-refractivity contribution in [2.75, 3.05) is 13.1 Å². The van der Waals surface area contributed by atoms with Crippen LogP contribution in [0, 0.1) is 0 Å². The third-order valence-corrected chi connectivity index (χ3v) is 3.56. The Balaban J connectivity index is 2.73. The van der Waals surface area contributed by atoms with Gasteiger partial charge in [-0.2, -0.15) is 0 Å². The summed E-state index contributed by atoms with van der Waals surface area (Å²) in [6.45, 7) is -0.996. The number of nitrogens with two attached hydrogens (primary N) is 1. The van der Waals surface area contributed by atoms with Crippen LogP contribution in [0.2, 0.25) is 0 Å². The molecule has 6 nitrogen and oxygen atoms in total. The summed E-state index contributed by atoms with van der Waals surface area (Å²) in [4.78, 5) is 34.8. The molecule has 19 heavy (non-hydrogen) atoms. The first-order chi connectivity index (χ1) is 8.88. The van der Waals surface area contributed by atoms with Crippen LogP contribution in [-0.2, 0) is 14.4 Å². The fraction of sp³-hybridized carbons (Fsp3) is 0.182. The molecule has 0 radical (unpaired) electrons. The Labute approximate surface area is 121 Å². The minimum Gasteiger partial charge on any atom is -0.480 e. The Morgan fingerprint density at radius 2 is 2.05 bits per heavy atom. The predicted octanol–water partition coefficient (Wildman–Crippen LogP) is 0.922. The van der Waals surface area contributed by atoms with Crippen LogP contribution in [0.25, 0.3) is 6.08 Å². The van der Waals surface area contributed by atoms with Gasteiger partial charge in [0.25, 0.3) is 0 Å². The number of aliphatic carboxylic acids is 1. The second kappa shape index (κ2) is 7.05. The number of amides is 2. The van der Waals surface area contributed by atoms with Crippen molar-refractivity contribution < 1.29 is 19.5 Å². The monoisotopic (exact) mass is 346 g/mol. The van der Waals surface area contributed by atoms with E-state index < -0.39 is 30.9 Å². The summed E-state index contributed by atoms with van der Waals surface area (Å²) in [6.07, 6.45) is 2.76. The zero-order valence-electron chi connectivity index (χ0n) is 9.71. The number of hydrogen-bond acceptors (Lipinski definition) is 4. The van der Waals surface area contributed by atoms with Crippen LogP contribution in [0.4, 0.5) is 0 Å². The molecule has 0 aliphatic heterocycles. The predicted molar refractivity (Wildman–Crippen MR) is 74.5 cm³/mol. The average Bonchev–Trinajstić information content (AvgIpc) is 2.70. The lowest BCUT2D eigenvalue weighted by molar-refractivity contribution is -0.143. The van der Waals surface area contributed by atoms with Crippen molar-refractivity contribution in [3.8, 4) is 0 Å².